The number of benzene rings is 1. The van der Waals surface area contributed by atoms with Gasteiger partial charge in [-0.1, -0.05) is 19.1 Å². The van der Waals surface area contributed by atoms with Gasteiger partial charge < -0.3 is 49.3 Å². The predicted molar refractivity (Wildman–Crippen MR) is 149 cm³/mol. The molecular weight excluding hydrogens is 555 g/mol. The van der Waals surface area contributed by atoms with Crippen LogP contribution in [0, 0.1) is 5.92 Å². The molecule has 3 aliphatic heterocycles. The summed E-state index contributed by atoms with van der Waals surface area (Å²) in [6.07, 6.45) is -6.29. The van der Waals surface area contributed by atoms with Gasteiger partial charge in [0.05, 0.1) is 31.3 Å². The Kier molecular flexibility index (Phi) is 10.2. The van der Waals surface area contributed by atoms with E-state index in [2.05, 4.69) is 5.32 Å². The van der Waals surface area contributed by atoms with E-state index in [-0.39, 0.29) is 42.5 Å². The molecule has 11 nitrogen and oxygen atoms in total. The number of aryl methyl sites for hydroxylation is 1. The normalized spacial score (nSPS) is 36.0. The molecule has 3 aliphatic rings. The van der Waals surface area contributed by atoms with Crippen molar-refractivity contribution in [3.8, 4) is 0 Å². The van der Waals surface area contributed by atoms with Crippen LogP contribution in [0.5, 0.6) is 0 Å². The quantitative estimate of drug-likeness (QED) is 0.177. The first-order valence-electron chi connectivity index (χ1n) is 14.3. The molecule has 0 aromatic heterocycles. The van der Waals surface area contributed by atoms with Crippen LogP contribution in [-0.2, 0) is 25.5 Å². The molecule has 0 aliphatic carbocycles. The van der Waals surface area contributed by atoms with Gasteiger partial charge in [-0.3, -0.25) is 9.59 Å². The molecule has 0 radical (unpaired) electrons. The van der Waals surface area contributed by atoms with E-state index < -0.39 is 51.1 Å². The Hall–Kier alpha value is -1.97. The molecule has 1 aromatic carbocycles. The second-order valence-electron chi connectivity index (χ2n) is 12.1. The Labute approximate surface area is 240 Å². The number of amides is 2. The summed E-state index contributed by atoms with van der Waals surface area (Å²) in [6.45, 7) is 5.86. The molecule has 3 saturated heterocycles. The lowest BCUT2D eigenvalue weighted by Gasteiger charge is -2.37. The number of ether oxygens (including phenoxy) is 2. The SMILES string of the molecule is C[C@@H]1[C@@H]([Si](C)(C)F)[C@H](CC(=O)N2CCC[C@H]2CO)O[C@@H]1CCc1ccc(NC(=O)[C@H]2O[C@@H](O)[C@H](O)[C@@H](O)[C@@H]2O)cc1. The number of aliphatic hydroxyl groups excluding tert-OH is 5. The van der Waals surface area contributed by atoms with E-state index in [1.807, 2.05) is 19.1 Å². The second-order valence-corrected chi connectivity index (χ2v) is 15.9. The average Bonchev–Trinajstić information content (AvgIpc) is 3.53. The Morgan fingerprint density at radius 1 is 1.05 bits per heavy atom. The number of hydrogen-bond acceptors (Lipinski definition) is 9. The minimum absolute atomic E-state index is 0.0589. The third-order valence-corrected chi connectivity index (χ3v) is 11.2. The molecule has 1 aromatic rings. The van der Waals surface area contributed by atoms with Crippen LogP contribution in [0.2, 0.25) is 18.6 Å². The number of likely N-dealkylation sites (tertiary alicyclic amines) is 1. The number of halogens is 1. The van der Waals surface area contributed by atoms with Crippen molar-refractivity contribution in [2.24, 2.45) is 5.92 Å². The molecule has 10 atom stereocenters. The smallest absolute Gasteiger partial charge is 0.256 e. The zero-order chi connectivity index (χ0) is 30.1. The molecule has 0 unspecified atom stereocenters. The van der Waals surface area contributed by atoms with E-state index in [0.29, 0.717) is 25.1 Å². The zero-order valence-electron chi connectivity index (χ0n) is 23.7. The Bertz CT molecular complexity index is 1060. The molecule has 3 fully saturated rings. The maximum absolute atomic E-state index is 15.5. The largest absolute Gasteiger partial charge is 0.394 e. The van der Waals surface area contributed by atoms with Gasteiger partial charge in [-0.25, -0.2) is 0 Å². The van der Waals surface area contributed by atoms with Crippen LogP contribution in [0.25, 0.3) is 0 Å². The number of carbonyl (C=O) groups excluding carboxylic acids is 2. The molecule has 230 valence electrons. The molecule has 41 heavy (non-hydrogen) atoms. The van der Waals surface area contributed by atoms with E-state index in [1.165, 1.54) is 0 Å². The Morgan fingerprint density at radius 2 is 1.73 bits per heavy atom. The fourth-order valence-corrected chi connectivity index (χ4v) is 9.12. The molecule has 4 rings (SSSR count). The maximum atomic E-state index is 15.5. The third-order valence-electron chi connectivity index (χ3n) is 8.77. The summed E-state index contributed by atoms with van der Waals surface area (Å²) in [6, 6.07) is 6.78. The van der Waals surface area contributed by atoms with Gasteiger partial charge in [0.15, 0.2) is 12.4 Å². The number of hydrogen-bond donors (Lipinski definition) is 6. The van der Waals surface area contributed by atoms with Crippen molar-refractivity contribution in [2.45, 2.75) is 107 Å². The summed E-state index contributed by atoms with van der Waals surface area (Å²) in [7, 11) is -3.15. The first-order chi connectivity index (χ1) is 19.3. The fraction of sp³-hybridized carbons (Fsp3) is 0.714. The summed E-state index contributed by atoms with van der Waals surface area (Å²) >= 11 is 0. The molecule has 6 N–H and O–H groups in total. The third kappa shape index (κ3) is 7.16. The van der Waals surface area contributed by atoms with Gasteiger partial charge in [-0.15, -0.1) is 0 Å². The first-order valence-corrected chi connectivity index (χ1v) is 17.3. The monoisotopic (exact) mass is 598 g/mol. The second kappa shape index (κ2) is 13.1. The van der Waals surface area contributed by atoms with Gasteiger partial charge in [0.25, 0.3) is 5.91 Å². The number of carbonyl (C=O) groups is 2. The fourth-order valence-electron chi connectivity index (χ4n) is 6.57. The van der Waals surface area contributed by atoms with Crippen LogP contribution >= 0.6 is 0 Å². The van der Waals surface area contributed by atoms with Crippen LogP contribution in [0.4, 0.5) is 9.80 Å². The lowest BCUT2D eigenvalue weighted by Crippen LogP contribution is -2.60. The van der Waals surface area contributed by atoms with E-state index in [9.17, 15) is 35.1 Å². The van der Waals surface area contributed by atoms with Crippen molar-refractivity contribution in [1.82, 2.24) is 4.90 Å². The molecule has 0 saturated carbocycles. The highest BCUT2D eigenvalue weighted by molar-refractivity contribution is 6.72. The van der Waals surface area contributed by atoms with E-state index in [1.54, 1.807) is 30.1 Å². The van der Waals surface area contributed by atoms with Crippen molar-refractivity contribution in [1.29, 1.82) is 0 Å². The summed E-state index contributed by atoms with van der Waals surface area (Å²) in [5.74, 6) is -0.935. The van der Waals surface area contributed by atoms with Gasteiger partial charge in [0.2, 0.25) is 14.3 Å². The summed E-state index contributed by atoms with van der Waals surface area (Å²) < 4.78 is 26.8. The van der Waals surface area contributed by atoms with E-state index in [0.717, 1.165) is 18.4 Å². The highest BCUT2D eigenvalue weighted by atomic mass is 28.4. The predicted octanol–water partition coefficient (Wildman–Crippen LogP) is 0.679. The van der Waals surface area contributed by atoms with Crippen molar-refractivity contribution in [3.63, 3.8) is 0 Å². The molecule has 13 heteroatoms. The van der Waals surface area contributed by atoms with Crippen molar-refractivity contribution in [3.05, 3.63) is 29.8 Å². The lowest BCUT2D eigenvalue weighted by molar-refractivity contribution is -0.274. The average molecular weight is 599 g/mol. The van der Waals surface area contributed by atoms with Crippen LogP contribution in [0.1, 0.15) is 38.2 Å². The highest BCUT2D eigenvalue weighted by Crippen LogP contribution is 2.47. The molecule has 0 spiro atoms. The van der Waals surface area contributed by atoms with E-state index in [4.69, 9.17) is 9.47 Å². The van der Waals surface area contributed by atoms with Gasteiger partial charge in [0, 0.05) is 17.8 Å². The molecule has 0 bridgehead atoms. The van der Waals surface area contributed by atoms with E-state index >= 15 is 4.11 Å². The number of aliphatic hydroxyl groups is 5. The number of nitrogens with one attached hydrogen (secondary N) is 1. The number of nitrogens with zero attached hydrogens (tertiary/aromatic N) is 1. The van der Waals surface area contributed by atoms with Crippen molar-refractivity contribution >= 4 is 25.9 Å². The minimum Gasteiger partial charge on any atom is -0.394 e. The highest BCUT2D eigenvalue weighted by Gasteiger charge is 2.52. The molecular formula is C28H43FN2O9Si. The van der Waals surface area contributed by atoms with Gasteiger partial charge >= 0.3 is 0 Å². The van der Waals surface area contributed by atoms with Crippen LogP contribution < -0.4 is 5.32 Å². The summed E-state index contributed by atoms with van der Waals surface area (Å²) in [5, 5.41) is 51.3. The van der Waals surface area contributed by atoms with Gasteiger partial charge in [-0.05, 0) is 62.4 Å². The summed E-state index contributed by atoms with van der Waals surface area (Å²) in [5.41, 5.74) is 1.04. The Morgan fingerprint density at radius 3 is 2.37 bits per heavy atom. The first kappa shape index (κ1) is 32.0. The van der Waals surface area contributed by atoms with Gasteiger partial charge in [-0.2, -0.15) is 0 Å². The van der Waals surface area contributed by atoms with Gasteiger partial charge in [0.1, 0.15) is 18.3 Å². The van der Waals surface area contributed by atoms with Crippen LogP contribution in [-0.4, -0.2) is 113 Å². The number of anilines is 1. The summed E-state index contributed by atoms with van der Waals surface area (Å²) in [4.78, 5) is 27.3. The molecule has 2 amide bonds. The standard InChI is InChI=1S/C28H43FN2O9Si/c1-15-19(39-20(26(15)41(2,3)29)13-21(33)31-12-4-5-18(31)14-32)11-8-16-6-9-17(10-7-16)30-27(37)25-23(35)22(34)24(36)28(38)40-25/h6-7,9-10,15,18-20,22-26,28,32,34-36,38H,4-5,8,11-14H2,1-3H3,(H,30,37)/t15-,18-,19+,20-,22-,23-,24+,25-,26+,28+/m0/s1. The van der Waals surface area contributed by atoms with Crippen molar-refractivity contribution in [2.75, 3.05) is 18.5 Å². The van der Waals surface area contributed by atoms with Crippen molar-refractivity contribution < 1.29 is 48.7 Å². The molecule has 3 heterocycles. The lowest BCUT2D eigenvalue weighted by atomic mass is 9.95. The Balaban J connectivity index is 1.33. The van der Waals surface area contributed by atoms with Crippen LogP contribution in [0.15, 0.2) is 24.3 Å². The number of rotatable bonds is 9. The minimum atomic E-state index is -3.15. The zero-order valence-corrected chi connectivity index (χ0v) is 24.7. The topological polar surface area (TPSA) is 169 Å². The van der Waals surface area contributed by atoms with Crippen LogP contribution in [0.3, 0.4) is 0 Å². The maximum Gasteiger partial charge on any atom is 0.256 e.